The topological polar surface area (TPSA) is 49.8 Å². The second-order valence-corrected chi connectivity index (χ2v) is 4.32. The van der Waals surface area contributed by atoms with E-state index in [1.165, 1.54) is 0 Å². The highest BCUT2D eigenvalue weighted by Crippen LogP contribution is 2.57. The summed E-state index contributed by atoms with van der Waals surface area (Å²) in [7, 11) is 0. The Hall–Kier alpha value is -2.13. The SMILES string of the molecule is O=C(O)C1(c2ccccc2)OC1c1ccccc1. The van der Waals surface area contributed by atoms with Crippen molar-refractivity contribution in [2.75, 3.05) is 0 Å². The van der Waals surface area contributed by atoms with E-state index in [1.54, 1.807) is 12.1 Å². The van der Waals surface area contributed by atoms with Gasteiger partial charge in [-0.15, -0.1) is 0 Å². The molecule has 1 N–H and O–H groups in total. The van der Waals surface area contributed by atoms with Gasteiger partial charge < -0.3 is 9.84 Å². The zero-order chi connectivity index (χ0) is 12.6. The standard InChI is InChI=1S/C15H12O3/c16-14(17)15(12-9-5-2-6-10-12)13(18-15)11-7-3-1-4-8-11/h1-10,13H,(H,16,17). The lowest BCUT2D eigenvalue weighted by Crippen LogP contribution is -2.22. The van der Waals surface area contributed by atoms with Crippen LogP contribution >= 0.6 is 0 Å². The Morgan fingerprint density at radius 1 is 1.00 bits per heavy atom. The highest BCUT2D eigenvalue weighted by molar-refractivity contribution is 5.84. The van der Waals surface area contributed by atoms with Crippen molar-refractivity contribution in [1.82, 2.24) is 0 Å². The van der Waals surface area contributed by atoms with Crippen LogP contribution in [0, 0.1) is 0 Å². The molecule has 18 heavy (non-hydrogen) atoms. The van der Waals surface area contributed by atoms with Crippen molar-refractivity contribution in [1.29, 1.82) is 0 Å². The molecule has 1 aliphatic rings. The number of aliphatic carboxylic acids is 1. The summed E-state index contributed by atoms with van der Waals surface area (Å²) in [5.74, 6) is -0.942. The van der Waals surface area contributed by atoms with Gasteiger partial charge in [0.2, 0.25) is 5.60 Å². The predicted molar refractivity (Wildman–Crippen MR) is 66.0 cm³/mol. The lowest BCUT2D eigenvalue weighted by Gasteiger charge is -2.07. The minimum atomic E-state index is -1.22. The maximum Gasteiger partial charge on any atom is 0.343 e. The summed E-state index contributed by atoms with van der Waals surface area (Å²) in [5, 5.41) is 9.46. The molecule has 2 aromatic carbocycles. The minimum Gasteiger partial charge on any atom is -0.479 e. The number of carboxylic acids is 1. The molecule has 3 nitrogen and oxygen atoms in total. The zero-order valence-electron chi connectivity index (χ0n) is 9.61. The largest absolute Gasteiger partial charge is 0.479 e. The Morgan fingerprint density at radius 2 is 1.56 bits per heavy atom. The van der Waals surface area contributed by atoms with E-state index in [1.807, 2.05) is 48.5 Å². The molecule has 90 valence electrons. The molecule has 0 aliphatic carbocycles. The molecule has 0 bridgehead atoms. The Morgan fingerprint density at radius 3 is 2.11 bits per heavy atom. The van der Waals surface area contributed by atoms with Crippen LogP contribution in [-0.2, 0) is 15.1 Å². The van der Waals surface area contributed by atoms with E-state index in [2.05, 4.69) is 0 Å². The lowest BCUT2D eigenvalue weighted by molar-refractivity contribution is -0.143. The Labute approximate surface area is 105 Å². The summed E-state index contributed by atoms with van der Waals surface area (Å²) in [4.78, 5) is 11.5. The number of carboxylic acid groups (broad SMARTS) is 1. The van der Waals surface area contributed by atoms with Crippen LogP contribution in [0.25, 0.3) is 0 Å². The third kappa shape index (κ3) is 1.52. The Kier molecular flexibility index (Phi) is 2.42. The monoisotopic (exact) mass is 240 g/mol. The van der Waals surface area contributed by atoms with Gasteiger partial charge in [-0.25, -0.2) is 4.79 Å². The van der Waals surface area contributed by atoms with Crippen LogP contribution in [0.2, 0.25) is 0 Å². The van der Waals surface area contributed by atoms with E-state index in [4.69, 9.17) is 4.74 Å². The number of epoxide rings is 1. The molecule has 2 unspecified atom stereocenters. The van der Waals surface area contributed by atoms with Crippen molar-refractivity contribution < 1.29 is 14.6 Å². The van der Waals surface area contributed by atoms with Crippen LogP contribution < -0.4 is 0 Å². The molecule has 0 spiro atoms. The predicted octanol–water partition coefficient (Wildman–Crippen LogP) is 2.74. The summed E-state index contributed by atoms with van der Waals surface area (Å²) in [6, 6.07) is 18.5. The Bertz CT molecular complexity index is 565. The molecule has 1 aliphatic heterocycles. The molecule has 2 aromatic rings. The van der Waals surface area contributed by atoms with Crippen LogP contribution in [0.5, 0.6) is 0 Å². The maximum absolute atomic E-state index is 11.5. The summed E-state index contributed by atoms with van der Waals surface area (Å²) < 4.78 is 5.54. The third-order valence-electron chi connectivity index (χ3n) is 3.24. The molecule has 1 heterocycles. The molecule has 3 rings (SSSR count). The number of hydrogen-bond donors (Lipinski definition) is 1. The number of benzene rings is 2. The molecule has 1 saturated heterocycles. The van der Waals surface area contributed by atoms with E-state index >= 15 is 0 Å². The zero-order valence-corrected chi connectivity index (χ0v) is 9.61. The molecule has 0 aromatic heterocycles. The van der Waals surface area contributed by atoms with Gasteiger partial charge in [0.15, 0.2) is 0 Å². The molecule has 3 heteroatoms. The van der Waals surface area contributed by atoms with Gasteiger partial charge >= 0.3 is 5.97 Å². The van der Waals surface area contributed by atoms with E-state index in [0.717, 1.165) is 5.56 Å². The Balaban J connectivity index is 2.01. The van der Waals surface area contributed by atoms with Crippen molar-refractivity contribution in [3.8, 4) is 0 Å². The molecule has 2 atom stereocenters. The van der Waals surface area contributed by atoms with Gasteiger partial charge in [-0.1, -0.05) is 60.7 Å². The lowest BCUT2D eigenvalue weighted by atomic mass is 9.92. The first-order valence-corrected chi connectivity index (χ1v) is 5.77. The van der Waals surface area contributed by atoms with Crippen molar-refractivity contribution in [3.63, 3.8) is 0 Å². The van der Waals surface area contributed by atoms with Crippen molar-refractivity contribution in [2.45, 2.75) is 11.7 Å². The van der Waals surface area contributed by atoms with Gasteiger partial charge in [0, 0.05) is 0 Å². The molecule has 1 fully saturated rings. The van der Waals surface area contributed by atoms with Gasteiger partial charge in [0.25, 0.3) is 0 Å². The first-order chi connectivity index (χ1) is 8.75. The fourth-order valence-corrected chi connectivity index (χ4v) is 2.27. The van der Waals surface area contributed by atoms with E-state index in [-0.39, 0.29) is 0 Å². The number of rotatable bonds is 3. The molecule has 0 radical (unpaired) electrons. The maximum atomic E-state index is 11.5. The van der Waals surface area contributed by atoms with E-state index in [0.29, 0.717) is 5.56 Å². The average molecular weight is 240 g/mol. The second kappa shape index (κ2) is 3.96. The fourth-order valence-electron chi connectivity index (χ4n) is 2.27. The quantitative estimate of drug-likeness (QED) is 0.839. The average Bonchev–Trinajstić information content (AvgIpc) is 3.18. The molecule has 0 saturated carbocycles. The smallest absolute Gasteiger partial charge is 0.343 e. The van der Waals surface area contributed by atoms with Gasteiger partial charge in [-0.2, -0.15) is 0 Å². The van der Waals surface area contributed by atoms with E-state index in [9.17, 15) is 9.90 Å². The number of carbonyl (C=O) groups is 1. The van der Waals surface area contributed by atoms with Crippen molar-refractivity contribution in [2.24, 2.45) is 0 Å². The highest BCUT2D eigenvalue weighted by atomic mass is 16.6. The first-order valence-electron chi connectivity index (χ1n) is 5.77. The van der Waals surface area contributed by atoms with Crippen LogP contribution in [0.15, 0.2) is 60.7 Å². The summed E-state index contributed by atoms with van der Waals surface area (Å²) in [6.45, 7) is 0. The number of hydrogen-bond acceptors (Lipinski definition) is 2. The summed E-state index contributed by atoms with van der Waals surface area (Å²) >= 11 is 0. The van der Waals surface area contributed by atoms with Crippen LogP contribution in [-0.4, -0.2) is 11.1 Å². The normalized spacial score (nSPS) is 25.7. The molecular weight excluding hydrogens is 228 g/mol. The minimum absolute atomic E-state index is 0.404. The molecule has 0 amide bonds. The van der Waals surface area contributed by atoms with Crippen LogP contribution in [0.4, 0.5) is 0 Å². The van der Waals surface area contributed by atoms with Gasteiger partial charge in [0.05, 0.1) is 0 Å². The summed E-state index contributed by atoms with van der Waals surface area (Å²) in [6.07, 6.45) is -0.404. The van der Waals surface area contributed by atoms with Crippen molar-refractivity contribution in [3.05, 3.63) is 71.8 Å². The van der Waals surface area contributed by atoms with Gasteiger partial charge in [0.1, 0.15) is 6.10 Å². The second-order valence-electron chi connectivity index (χ2n) is 4.32. The number of ether oxygens (including phenoxy) is 1. The van der Waals surface area contributed by atoms with Crippen LogP contribution in [0.1, 0.15) is 17.2 Å². The first kappa shape index (κ1) is 11.0. The van der Waals surface area contributed by atoms with Gasteiger partial charge in [-0.3, -0.25) is 0 Å². The molecular formula is C15H12O3. The fraction of sp³-hybridized carbons (Fsp3) is 0.133. The van der Waals surface area contributed by atoms with Crippen molar-refractivity contribution >= 4 is 5.97 Å². The van der Waals surface area contributed by atoms with Crippen LogP contribution in [0.3, 0.4) is 0 Å². The van der Waals surface area contributed by atoms with Gasteiger partial charge in [-0.05, 0) is 11.1 Å². The van der Waals surface area contributed by atoms with E-state index < -0.39 is 17.7 Å². The summed E-state index contributed by atoms with van der Waals surface area (Å²) in [5.41, 5.74) is 0.359. The third-order valence-corrected chi connectivity index (χ3v) is 3.24. The highest BCUT2D eigenvalue weighted by Gasteiger charge is 2.65.